The number of piperidine rings is 1. The number of amides is 1. The molecule has 32 heavy (non-hydrogen) atoms. The number of nitrogens with two attached hydrogens (primary N) is 1. The van der Waals surface area contributed by atoms with Gasteiger partial charge in [0, 0.05) is 25.6 Å². The normalized spacial score (nSPS) is 16.1. The number of ether oxygens (including phenoxy) is 2. The van der Waals surface area contributed by atoms with Gasteiger partial charge in [0.1, 0.15) is 12.7 Å². The molecule has 1 fully saturated rings. The molecule has 7 nitrogen and oxygen atoms in total. The Balaban J connectivity index is 1.51. The molecule has 2 aromatic rings. The van der Waals surface area contributed by atoms with E-state index in [1.807, 2.05) is 43.4 Å². The standard InChI is InChI=1S/C25H35N3O4/c1-27(15-19-6-4-3-5-7-19)17-22(29)18-32-24-14-20(8-9-23(24)31-2)16-28-12-10-21(11-13-28)25(26)30/h3-9,14,21-22,29H,10-13,15-18H2,1-2H3,(H2,26,30). The van der Waals surface area contributed by atoms with Crippen LogP contribution in [0.5, 0.6) is 11.5 Å². The van der Waals surface area contributed by atoms with Gasteiger partial charge in [0.15, 0.2) is 11.5 Å². The van der Waals surface area contributed by atoms with Crippen molar-refractivity contribution in [3.8, 4) is 11.5 Å². The molecule has 174 valence electrons. The van der Waals surface area contributed by atoms with Crippen molar-refractivity contribution in [2.45, 2.75) is 32.0 Å². The summed E-state index contributed by atoms with van der Waals surface area (Å²) < 4.78 is 11.4. The molecular formula is C25H35N3O4. The van der Waals surface area contributed by atoms with Crippen LogP contribution in [0.1, 0.15) is 24.0 Å². The Morgan fingerprint density at radius 1 is 1.16 bits per heavy atom. The second-order valence-corrected chi connectivity index (χ2v) is 8.59. The zero-order chi connectivity index (χ0) is 22.9. The molecule has 1 heterocycles. The zero-order valence-corrected chi connectivity index (χ0v) is 19.1. The van der Waals surface area contributed by atoms with E-state index in [1.54, 1.807) is 7.11 Å². The molecule has 1 unspecified atom stereocenters. The second kappa shape index (κ2) is 11.9. The van der Waals surface area contributed by atoms with Gasteiger partial charge in [0.2, 0.25) is 5.91 Å². The average Bonchev–Trinajstić information content (AvgIpc) is 2.78. The third-order valence-corrected chi connectivity index (χ3v) is 5.87. The molecule has 7 heteroatoms. The molecule has 1 atom stereocenters. The molecule has 0 aliphatic carbocycles. The quantitative estimate of drug-likeness (QED) is 0.556. The maximum atomic E-state index is 11.4. The number of methoxy groups -OCH3 is 1. The highest BCUT2D eigenvalue weighted by Gasteiger charge is 2.23. The Kier molecular flexibility index (Phi) is 8.90. The Morgan fingerprint density at radius 2 is 1.88 bits per heavy atom. The molecule has 1 saturated heterocycles. The zero-order valence-electron chi connectivity index (χ0n) is 19.1. The summed E-state index contributed by atoms with van der Waals surface area (Å²) in [5, 5.41) is 10.5. The second-order valence-electron chi connectivity index (χ2n) is 8.59. The molecule has 2 aromatic carbocycles. The summed E-state index contributed by atoms with van der Waals surface area (Å²) in [6.45, 7) is 3.93. The van der Waals surface area contributed by atoms with Gasteiger partial charge < -0.3 is 20.3 Å². The molecule has 0 saturated carbocycles. The first-order valence-electron chi connectivity index (χ1n) is 11.2. The van der Waals surface area contributed by atoms with E-state index in [2.05, 4.69) is 21.9 Å². The SMILES string of the molecule is COc1ccc(CN2CCC(C(N)=O)CC2)cc1OCC(O)CN(C)Cc1ccccc1. The Labute approximate surface area is 190 Å². The van der Waals surface area contributed by atoms with Crippen molar-refractivity contribution in [2.75, 3.05) is 40.4 Å². The molecule has 0 radical (unpaired) electrons. The van der Waals surface area contributed by atoms with E-state index >= 15 is 0 Å². The number of primary amides is 1. The van der Waals surface area contributed by atoms with E-state index < -0.39 is 6.10 Å². The van der Waals surface area contributed by atoms with Gasteiger partial charge in [-0.2, -0.15) is 0 Å². The Bertz CT molecular complexity index is 854. The van der Waals surface area contributed by atoms with E-state index in [0.717, 1.165) is 44.6 Å². The highest BCUT2D eigenvalue weighted by molar-refractivity contribution is 5.76. The topological polar surface area (TPSA) is 88.3 Å². The van der Waals surface area contributed by atoms with Crippen LogP contribution in [0.2, 0.25) is 0 Å². The summed E-state index contributed by atoms with van der Waals surface area (Å²) in [6, 6.07) is 16.1. The van der Waals surface area contributed by atoms with Crippen molar-refractivity contribution in [1.82, 2.24) is 9.80 Å². The van der Waals surface area contributed by atoms with Gasteiger partial charge in [0.05, 0.1) is 7.11 Å². The molecule has 0 spiro atoms. The van der Waals surface area contributed by atoms with Crippen LogP contribution in [0.15, 0.2) is 48.5 Å². The summed E-state index contributed by atoms with van der Waals surface area (Å²) in [5.41, 5.74) is 7.74. The Morgan fingerprint density at radius 3 is 2.53 bits per heavy atom. The third-order valence-electron chi connectivity index (χ3n) is 5.87. The summed E-state index contributed by atoms with van der Waals surface area (Å²) >= 11 is 0. The number of carbonyl (C=O) groups excluding carboxylic acids is 1. The molecule has 1 aliphatic heterocycles. The lowest BCUT2D eigenvalue weighted by Crippen LogP contribution is -2.38. The van der Waals surface area contributed by atoms with Gasteiger partial charge in [-0.25, -0.2) is 0 Å². The van der Waals surface area contributed by atoms with E-state index in [4.69, 9.17) is 15.2 Å². The van der Waals surface area contributed by atoms with Crippen molar-refractivity contribution >= 4 is 5.91 Å². The fourth-order valence-electron chi connectivity index (χ4n) is 4.12. The molecule has 3 N–H and O–H groups in total. The maximum absolute atomic E-state index is 11.4. The van der Waals surface area contributed by atoms with Crippen molar-refractivity contribution in [1.29, 1.82) is 0 Å². The van der Waals surface area contributed by atoms with Crippen LogP contribution < -0.4 is 15.2 Å². The number of likely N-dealkylation sites (N-methyl/N-ethyl adjacent to an activating group) is 1. The van der Waals surface area contributed by atoms with Crippen molar-refractivity contribution < 1.29 is 19.4 Å². The summed E-state index contributed by atoms with van der Waals surface area (Å²) in [4.78, 5) is 15.8. The van der Waals surface area contributed by atoms with Crippen LogP contribution in [0, 0.1) is 5.92 Å². The molecule has 1 amide bonds. The maximum Gasteiger partial charge on any atom is 0.220 e. The number of aliphatic hydroxyl groups excluding tert-OH is 1. The molecule has 0 aromatic heterocycles. The number of rotatable bonds is 11. The fourth-order valence-corrected chi connectivity index (χ4v) is 4.12. The molecule has 0 bridgehead atoms. The first kappa shape index (κ1) is 24.0. The highest BCUT2D eigenvalue weighted by Crippen LogP contribution is 2.29. The van der Waals surface area contributed by atoms with Gasteiger partial charge in [-0.1, -0.05) is 36.4 Å². The summed E-state index contributed by atoms with van der Waals surface area (Å²) in [5.74, 6) is 1.06. The summed E-state index contributed by atoms with van der Waals surface area (Å²) in [7, 11) is 3.60. The predicted molar refractivity (Wildman–Crippen MR) is 124 cm³/mol. The van der Waals surface area contributed by atoms with E-state index in [-0.39, 0.29) is 18.4 Å². The van der Waals surface area contributed by atoms with Gasteiger partial charge in [-0.15, -0.1) is 0 Å². The number of hydrogen-bond donors (Lipinski definition) is 2. The predicted octanol–water partition coefficient (Wildman–Crippen LogP) is 2.26. The number of likely N-dealkylation sites (tertiary alicyclic amines) is 1. The lowest BCUT2D eigenvalue weighted by Gasteiger charge is -2.30. The first-order valence-corrected chi connectivity index (χ1v) is 11.2. The monoisotopic (exact) mass is 441 g/mol. The largest absolute Gasteiger partial charge is 0.493 e. The van der Waals surface area contributed by atoms with Gasteiger partial charge >= 0.3 is 0 Å². The van der Waals surface area contributed by atoms with Crippen molar-refractivity contribution in [3.05, 3.63) is 59.7 Å². The molecular weight excluding hydrogens is 406 g/mol. The first-order chi connectivity index (χ1) is 15.4. The molecule has 1 aliphatic rings. The van der Waals surface area contributed by atoms with Gasteiger partial charge in [-0.05, 0) is 56.2 Å². The molecule has 3 rings (SSSR count). The minimum Gasteiger partial charge on any atom is -0.493 e. The summed E-state index contributed by atoms with van der Waals surface area (Å²) in [6.07, 6.45) is 0.986. The smallest absolute Gasteiger partial charge is 0.220 e. The minimum atomic E-state index is -0.620. The van der Waals surface area contributed by atoms with Crippen LogP contribution >= 0.6 is 0 Å². The van der Waals surface area contributed by atoms with Gasteiger partial charge in [-0.3, -0.25) is 14.6 Å². The van der Waals surface area contributed by atoms with E-state index in [9.17, 15) is 9.90 Å². The van der Waals surface area contributed by atoms with Crippen molar-refractivity contribution in [3.63, 3.8) is 0 Å². The van der Waals surface area contributed by atoms with Gasteiger partial charge in [0.25, 0.3) is 0 Å². The van der Waals surface area contributed by atoms with Crippen LogP contribution in [-0.4, -0.2) is 67.3 Å². The third kappa shape index (κ3) is 7.22. The number of nitrogens with zero attached hydrogens (tertiary/aromatic N) is 2. The van der Waals surface area contributed by atoms with Crippen LogP contribution in [-0.2, 0) is 17.9 Å². The minimum absolute atomic E-state index is 0.0116. The van der Waals surface area contributed by atoms with Crippen LogP contribution in [0.4, 0.5) is 0 Å². The fraction of sp³-hybridized carbons (Fsp3) is 0.480. The van der Waals surface area contributed by atoms with E-state index in [1.165, 1.54) is 5.56 Å². The lowest BCUT2D eigenvalue weighted by molar-refractivity contribution is -0.123. The number of benzene rings is 2. The van der Waals surface area contributed by atoms with Crippen molar-refractivity contribution in [2.24, 2.45) is 11.7 Å². The lowest BCUT2D eigenvalue weighted by atomic mass is 9.96. The van der Waals surface area contributed by atoms with E-state index in [0.29, 0.717) is 18.0 Å². The number of aliphatic hydroxyl groups is 1. The van der Waals surface area contributed by atoms with Crippen LogP contribution in [0.25, 0.3) is 0 Å². The number of carbonyl (C=O) groups is 1. The Hall–Kier alpha value is -2.61. The van der Waals surface area contributed by atoms with Crippen LogP contribution in [0.3, 0.4) is 0 Å². The highest BCUT2D eigenvalue weighted by atomic mass is 16.5. The number of hydrogen-bond acceptors (Lipinski definition) is 6. The average molecular weight is 442 g/mol.